The van der Waals surface area contributed by atoms with Gasteiger partial charge in [-0.15, -0.1) is 0 Å². The molecule has 0 fully saturated rings. The normalized spacial score (nSPS) is 12.0. The minimum Gasteiger partial charge on any atom is -0.321 e. The second kappa shape index (κ2) is 10.1. The van der Waals surface area contributed by atoms with Gasteiger partial charge in [0.15, 0.2) is 5.78 Å². The van der Waals surface area contributed by atoms with Crippen LogP contribution in [0.25, 0.3) is 0 Å². The largest absolute Gasteiger partial charge is 0.321 e. The molecule has 4 aromatic rings. The molecule has 0 bridgehead atoms. The van der Waals surface area contributed by atoms with Crippen molar-refractivity contribution in [3.05, 3.63) is 147 Å². The number of ketones is 1. The van der Waals surface area contributed by atoms with E-state index in [0.29, 0.717) is 22.0 Å². The fraction of sp³-hybridized carbons (Fsp3) is 0.0714. The first kappa shape index (κ1) is 22.3. The number of nitrogens with two attached hydrogens (primary N) is 1. The third-order valence-corrected chi connectivity index (χ3v) is 6.06. The fourth-order valence-corrected chi connectivity index (χ4v) is 4.25. The van der Waals surface area contributed by atoms with Crippen LogP contribution in [-0.2, 0) is 6.42 Å². The average molecular weight is 459 g/mol. The predicted octanol–water partition coefficient (Wildman–Crippen LogP) is 6.77. The summed E-state index contributed by atoms with van der Waals surface area (Å²) in [5, 5.41) is 1.11. The summed E-state index contributed by atoms with van der Waals surface area (Å²) in [6.45, 7) is 0. The molecule has 4 aromatic carbocycles. The Kier molecular flexibility index (Phi) is 7.06. The number of benzene rings is 4. The van der Waals surface area contributed by atoms with Crippen LogP contribution in [0.5, 0.6) is 0 Å². The van der Waals surface area contributed by atoms with Gasteiger partial charge in [0, 0.05) is 15.6 Å². The molecule has 0 saturated heterocycles. The Hall–Kier alpha value is -2.91. The molecule has 0 saturated carbocycles. The number of Topliss-reactive ketones (excluding diaryl/α,β-unsaturated/α-hetero) is 1. The maximum absolute atomic E-state index is 13.0. The summed E-state index contributed by atoms with van der Waals surface area (Å²) in [5.41, 5.74) is 10.5. The van der Waals surface area contributed by atoms with E-state index >= 15 is 0 Å². The second-order valence-electron chi connectivity index (χ2n) is 7.57. The number of hydrogen-bond acceptors (Lipinski definition) is 2. The smallest absolute Gasteiger partial charge is 0.179 e. The van der Waals surface area contributed by atoms with Crippen molar-refractivity contribution in [1.29, 1.82) is 0 Å². The molecular weight excluding hydrogens is 437 g/mol. The van der Waals surface area contributed by atoms with Gasteiger partial charge in [-0.2, -0.15) is 0 Å². The molecule has 1 atom stereocenters. The van der Waals surface area contributed by atoms with E-state index in [2.05, 4.69) is 24.3 Å². The Morgan fingerprint density at radius 3 is 1.81 bits per heavy atom. The molecule has 0 spiro atoms. The second-order valence-corrected chi connectivity index (χ2v) is 8.38. The topological polar surface area (TPSA) is 43.1 Å². The van der Waals surface area contributed by atoms with Crippen molar-refractivity contribution in [3.63, 3.8) is 0 Å². The van der Waals surface area contributed by atoms with E-state index in [9.17, 15) is 4.79 Å². The third kappa shape index (κ3) is 4.94. The number of hydrogen-bond donors (Lipinski definition) is 1. The lowest BCUT2D eigenvalue weighted by Gasteiger charge is -2.20. The highest BCUT2D eigenvalue weighted by Gasteiger charge is 2.23. The molecule has 0 aliphatic heterocycles. The summed E-state index contributed by atoms with van der Waals surface area (Å²) in [4.78, 5) is 13.0. The first-order chi connectivity index (χ1) is 15.5. The van der Waals surface area contributed by atoms with E-state index in [1.54, 1.807) is 18.2 Å². The molecule has 0 unspecified atom stereocenters. The highest BCUT2D eigenvalue weighted by Crippen LogP contribution is 2.35. The van der Waals surface area contributed by atoms with Crippen LogP contribution in [0.4, 0.5) is 0 Å². The monoisotopic (exact) mass is 458 g/mol. The van der Waals surface area contributed by atoms with Gasteiger partial charge < -0.3 is 5.73 Å². The highest BCUT2D eigenvalue weighted by molar-refractivity contribution is 6.32. The molecule has 0 heterocycles. The molecule has 32 heavy (non-hydrogen) atoms. The molecule has 0 aliphatic carbocycles. The third-order valence-electron chi connectivity index (χ3n) is 5.38. The summed E-state index contributed by atoms with van der Waals surface area (Å²) < 4.78 is 0. The zero-order valence-corrected chi connectivity index (χ0v) is 18.9. The Balaban J connectivity index is 1.64. The van der Waals surface area contributed by atoms with Gasteiger partial charge in [-0.1, -0.05) is 114 Å². The van der Waals surface area contributed by atoms with E-state index in [4.69, 9.17) is 28.9 Å². The van der Waals surface area contributed by atoms with E-state index in [1.807, 2.05) is 60.7 Å². The molecule has 2 N–H and O–H groups in total. The van der Waals surface area contributed by atoms with Gasteiger partial charge in [0.1, 0.15) is 0 Å². The molecule has 159 valence electrons. The molecule has 0 aliphatic rings. The van der Waals surface area contributed by atoms with Gasteiger partial charge in [-0.05, 0) is 40.8 Å². The molecule has 1 radical (unpaired) electrons. The molecule has 0 amide bonds. The van der Waals surface area contributed by atoms with Crippen molar-refractivity contribution in [1.82, 2.24) is 0 Å². The number of carbonyl (C=O) groups is 1. The van der Waals surface area contributed by atoms with Gasteiger partial charge in [0.05, 0.1) is 12.0 Å². The van der Waals surface area contributed by atoms with Gasteiger partial charge in [0.25, 0.3) is 0 Å². The van der Waals surface area contributed by atoms with Gasteiger partial charge in [0.2, 0.25) is 0 Å². The standard InChI is InChI=1S/C28H22Cl2NO/c29-24-14-8-7-13-21(24)18-26(31)28(32)22-15-16-23(25(30)17-22)27(19-9-3-1-4-10-19)20-11-5-2-6-12-20/h1-17,26H,18,31H2/t26-/m0/s1. The minimum absolute atomic E-state index is 0.167. The lowest BCUT2D eigenvalue weighted by molar-refractivity contribution is 0.0961. The van der Waals surface area contributed by atoms with Crippen molar-refractivity contribution in [3.8, 4) is 0 Å². The number of carbonyl (C=O) groups excluding carboxylic acids is 1. The molecule has 4 heteroatoms. The Morgan fingerprint density at radius 1 is 0.688 bits per heavy atom. The number of rotatable bonds is 7. The van der Waals surface area contributed by atoms with Gasteiger partial charge in [-0.3, -0.25) is 4.79 Å². The summed E-state index contributed by atoms with van der Waals surface area (Å²) in [5.74, 6) is 0.843. The fourth-order valence-electron chi connectivity index (χ4n) is 3.77. The van der Waals surface area contributed by atoms with Crippen molar-refractivity contribution in [2.75, 3.05) is 0 Å². The zero-order chi connectivity index (χ0) is 22.5. The molecule has 4 rings (SSSR count). The first-order valence-corrected chi connectivity index (χ1v) is 11.1. The van der Waals surface area contributed by atoms with Crippen LogP contribution in [0.1, 0.15) is 32.6 Å². The van der Waals surface area contributed by atoms with Crippen LogP contribution in [0, 0.1) is 5.92 Å². The van der Waals surface area contributed by atoms with Crippen molar-refractivity contribution in [2.24, 2.45) is 5.73 Å². The van der Waals surface area contributed by atoms with Crippen molar-refractivity contribution >= 4 is 29.0 Å². The zero-order valence-electron chi connectivity index (χ0n) is 17.3. The van der Waals surface area contributed by atoms with Crippen LogP contribution in [0.15, 0.2) is 103 Å². The Bertz CT molecular complexity index is 1170. The number of halogens is 2. The molecule has 2 nitrogen and oxygen atoms in total. The predicted molar refractivity (Wildman–Crippen MR) is 132 cm³/mol. The van der Waals surface area contributed by atoms with Gasteiger partial charge in [-0.25, -0.2) is 0 Å². The van der Waals surface area contributed by atoms with Crippen LogP contribution in [0.2, 0.25) is 10.0 Å². The summed E-state index contributed by atoms with van der Waals surface area (Å²) in [6, 6.07) is 32.3. The van der Waals surface area contributed by atoms with Crippen LogP contribution >= 0.6 is 23.2 Å². The molecular formula is C28H22Cl2NO. The van der Waals surface area contributed by atoms with Crippen molar-refractivity contribution < 1.29 is 4.79 Å². The van der Waals surface area contributed by atoms with Crippen LogP contribution in [0.3, 0.4) is 0 Å². The van der Waals surface area contributed by atoms with E-state index < -0.39 is 6.04 Å². The quantitative estimate of drug-likeness (QED) is 0.245. The van der Waals surface area contributed by atoms with Crippen LogP contribution in [-0.4, -0.2) is 11.8 Å². The van der Waals surface area contributed by atoms with E-state index in [-0.39, 0.29) is 5.78 Å². The molecule has 0 aromatic heterocycles. The van der Waals surface area contributed by atoms with Crippen LogP contribution < -0.4 is 5.73 Å². The maximum Gasteiger partial charge on any atom is 0.179 e. The highest BCUT2D eigenvalue weighted by atomic mass is 35.5. The summed E-state index contributed by atoms with van der Waals surface area (Å²) in [7, 11) is 0. The summed E-state index contributed by atoms with van der Waals surface area (Å²) >= 11 is 12.9. The average Bonchev–Trinajstić information content (AvgIpc) is 2.82. The lowest BCUT2D eigenvalue weighted by Crippen LogP contribution is -2.32. The van der Waals surface area contributed by atoms with E-state index in [1.165, 1.54) is 0 Å². The van der Waals surface area contributed by atoms with Crippen molar-refractivity contribution in [2.45, 2.75) is 12.5 Å². The van der Waals surface area contributed by atoms with E-state index in [0.717, 1.165) is 28.2 Å². The maximum atomic E-state index is 13.0. The minimum atomic E-state index is -0.705. The van der Waals surface area contributed by atoms with Gasteiger partial charge >= 0.3 is 0 Å². The Labute approximate surface area is 198 Å². The lowest BCUT2D eigenvalue weighted by atomic mass is 9.84. The SMILES string of the molecule is N[C@@H](Cc1ccccc1Cl)C(=O)c1ccc([C](c2ccccc2)c2ccccc2)c(Cl)c1. The first-order valence-electron chi connectivity index (χ1n) is 10.4. The summed E-state index contributed by atoms with van der Waals surface area (Å²) in [6.07, 6.45) is 0.364. The Morgan fingerprint density at radius 2 is 1.25 bits per heavy atom.